The van der Waals surface area contributed by atoms with Crippen LogP contribution in [0.15, 0.2) is 24.3 Å². The molecule has 5 nitrogen and oxygen atoms in total. The monoisotopic (exact) mass is 280 g/mol. The molecule has 0 unspecified atom stereocenters. The van der Waals surface area contributed by atoms with Crippen LogP contribution in [0.25, 0.3) is 0 Å². The highest BCUT2D eigenvalue weighted by molar-refractivity contribution is 5.76. The van der Waals surface area contributed by atoms with Crippen molar-refractivity contribution in [2.75, 3.05) is 40.9 Å². The molecular formula is C15H24N2O3. The van der Waals surface area contributed by atoms with Crippen LogP contribution in [0, 0.1) is 0 Å². The van der Waals surface area contributed by atoms with Crippen LogP contribution in [0.5, 0.6) is 5.75 Å². The van der Waals surface area contributed by atoms with E-state index in [1.54, 1.807) is 7.11 Å². The smallest absolute Gasteiger partial charge is 0.220 e. The summed E-state index contributed by atoms with van der Waals surface area (Å²) < 4.78 is 5.09. The molecule has 0 aromatic heterocycles. The molecule has 2 N–H and O–H groups in total. The van der Waals surface area contributed by atoms with Crippen LogP contribution in [0.3, 0.4) is 0 Å². The summed E-state index contributed by atoms with van der Waals surface area (Å²) in [7, 11) is 5.52. The van der Waals surface area contributed by atoms with E-state index in [0.29, 0.717) is 6.54 Å². The fourth-order valence-electron chi connectivity index (χ4n) is 1.88. The number of aliphatic hydroxyl groups excluding tert-OH is 1. The largest absolute Gasteiger partial charge is 0.497 e. The number of carbonyl (C=O) groups excluding carboxylic acids is 1. The summed E-state index contributed by atoms with van der Waals surface area (Å²) in [4.78, 5) is 13.8. The first kappa shape index (κ1) is 16.5. The molecule has 20 heavy (non-hydrogen) atoms. The Kier molecular flexibility index (Phi) is 7.04. The highest BCUT2D eigenvalue weighted by Gasteiger charge is 2.15. The second-order valence-electron chi connectivity index (χ2n) is 5.01. The molecule has 5 heteroatoms. The van der Waals surface area contributed by atoms with Gasteiger partial charge in [0.2, 0.25) is 5.91 Å². The van der Waals surface area contributed by atoms with Crippen molar-refractivity contribution in [2.45, 2.75) is 12.3 Å². The fraction of sp³-hybridized carbons (Fsp3) is 0.533. The molecule has 1 atom stereocenters. The molecule has 0 radical (unpaired) electrons. The molecule has 1 amide bonds. The normalized spacial score (nSPS) is 12.2. The van der Waals surface area contributed by atoms with E-state index in [9.17, 15) is 9.90 Å². The van der Waals surface area contributed by atoms with Crippen molar-refractivity contribution in [3.05, 3.63) is 29.8 Å². The van der Waals surface area contributed by atoms with Gasteiger partial charge < -0.3 is 20.1 Å². The average molecular weight is 280 g/mol. The number of hydrogen-bond donors (Lipinski definition) is 2. The fourth-order valence-corrected chi connectivity index (χ4v) is 1.88. The van der Waals surface area contributed by atoms with Crippen LogP contribution in [0.2, 0.25) is 0 Å². The molecule has 0 aliphatic heterocycles. The Morgan fingerprint density at radius 1 is 1.35 bits per heavy atom. The van der Waals surface area contributed by atoms with Gasteiger partial charge in [0.15, 0.2) is 0 Å². The number of aliphatic hydroxyl groups is 1. The molecular weight excluding hydrogens is 256 g/mol. The number of methoxy groups -OCH3 is 1. The standard InChI is InChI=1S/C15H24N2O3/c1-17(2)9-8-16-15(19)10-13(11-18)12-4-6-14(20-3)7-5-12/h4-7,13,18H,8-11H2,1-3H3,(H,16,19)/t13-/m1/s1. The summed E-state index contributed by atoms with van der Waals surface area (Å²) >= 11 is 0. The van der Waals surface area contributed by atoms with Gasteiger partial charge in [0.1, 0.15) is 5.75 Å². The van der Waals surface area contributed by atoms with Crippen LogP contribution in [0.1, 0.15) is 17.9 Å². The van der Waals surface area contributed by atoms with Crippen molar-refractivity contribution >= 4 is 5.91 Å². The summed E-state index contributed by atoms with van der Waals surface area (Å²) in [6.07, 6.45) is 0.288. The molecule has 0 saturated carbocycles. The van der Waals surface area contributed by atoms with Crippen LogP contribution in [-0.2, 0) is 4.79 Å². The zero-order valence-corrected chi connectivity index (χ0v) is 12.4. The van der Waals surface area contributed by atoms with Crippen LogP contribution >= 0.6 is 0 Å². The topological polar surface area (TPSA) is 61.8 Å². The Labute approximate surface area is 120 Å². The molecule has 0 spiro atoms. The quantitative estimate of drug-likeness (QED) is 0.741. The molecule has 0 fully saturated rings. The zero-order chi connectivity index (χ0) is 15.0. The van der Waals surface area contributed by atoms with Gasteiger partial charge in [-0.05, 0) is 31.8 Å². The SMILES string of the molecule is COc1ccc([C@@H](CO)CC(=O)NCCN(C)C)cc1. The van der Waals surface area contributed by atoms with E-state index in [1.807, 2.05) is 43.3 Å². The Bertz CT molecular complexity index is 404. The van der Waals surface area contributed by atoms with Gasteiger partial charge in [0, 0.05) is 25.4 Å². The van der Waals surface area contributed by atoms with Crippen LogP contribution in [-0.4, -0.2) is 56.8 Å². The van der Waals surface area contributed by atoms with Crippen molar-refractivity contribution in [3.8, 4) is 5.75 Å². The maximum absolute atomic E-state index is 11.8. The number of nitrogens with zero attached hydrogens (tertiary/aromatic N) is 1. The number of ether oxygens (including phenoxy) is 1. The molecule has 1 aromatic rings. The van der Waals surface area contributed by atoms with E-state index in [1.165, 1.54) is 0 Å². The minimum Gasteiger partial charge on any atom is -0.497 e. The van der Waals surface area contributed by atoms with E-state index < -0.39 is 0 Å². The third-order valence-electron chi connectivity index (χ3n) is 3.12. The number of benzene rings is 1. The molecule has 1 rings (SSSR count). The minimum atomic E-state index is -0.180. The van der Waals surface area contributed by atoms with E-state index in [-0.39, 0.29) is 24.9 Å². The number of amides is 1. The Hall–Kier alpha value is -1.59. The third-order valence-corrected chi connectivity index (χ3v) is 3.12. The summed E-state index contributed by atoms with van der Waals surface area (Å²) in [5.74, 6) is 0.544. The number of likely N-dealkylation sites (N-methyl/N-ethyl adjacent to an activating group) is 1. The maximum atomic E-state index is 11.8. The second kappa shape index (κ2) is 8.55. The van der Waals surface area contributed by atoms with Gasteiger partial charge >= 0.3 is 0 Å². The molecule has 0 aliphatic rings. The lowest BCUT2D eigenvalue weighted by Crippen LogP contribution is -2.32. The van der Waals surface area contributed by atoms with Gasteiger partial charge in [-0.25, -0.2) is 0 Å². The summed E-state index contributed by atoms with van der Waals surface area (Å²) in [6.45, 7) is 1.37. The van der Waals surface area contributed by atoms with E-state index in [0.717, 1.165) is 17.9 Å². The lowest BCUT2D eigenvalue weighted by molar-refractivity contribution is -0.121. The van der Waals surface area contributed by atoms with Gasteiger partial charge in [-0.2, -0.15) is 0 Å². The second-order valence-corrected chi connectivity index (χ2v) is 5.01. The van der Waals surface area contributed by atoms with Crippen molar-refractivity contribution in [3.63, 3.8) is 0 Å². The molecule has 0 aliphatic carbocycles. The van der Waals surface area contributed by atoms with Gasteiger partial charge in [0.05, 0.1) is 13.7 Å². The van der Waals surface area contributed by atoms with Crippen molar-refractivity contribution in [2.24, 2.45) is 0 Å². The molecule has 0 heterocycles. The molecule has 112 valence electrons. The molecule has 0 bridgehead atoms. The Morgan fingerprint density at radius 3 is 2.50 bits per heavy atom. The van der Waals surface area contributed by atoms with Gasteiger partial charge in [0.25, 0.3) is 0 Å². The van der Waals surface area contributed by atoms with Crippen molar-refractivity contribution in [1.82, 2.24) is 10.2 Å². The van der Waals surface area contributed by atoms with Gasteiger partial charge in [-0.3, -0.25) is 4.79 Å². The minimum absolute atomic E-state index is 0.0401. The molecule has 0 saturated heterocycles. The number of rotatable bonds is 8. The lowest BCUT2D eigenvalue weighted by Gasteiger charge is -2.16. The maximum Gasteiger partial charge on any atom is 0.220 e. The highest BCUT2D eigenvalue weighted by atomic mass is 16.5. The highest BCUT2D eigenvalue weighted by Crippen LogP contribution is 2.21. The number of nitrogens with one attached hydrogen (secondary N) is 1. The zero-order valence-electron chi connectivity index (χ0n) is 12.4. The summed E-state index contributed by atoms with van der Waals surface area (Å²) in [5.41, 5.74) is 0.941. The lowest BCUT2D eigenvalue weighted by atomic mass is 9.96. The van der Waals surface area contributed by atoms with Gasteiger partial charge in [-0.1, -0.05) is 12.1 Å². The van der Waals surface area contributed by atoms with Crippen LogP contribution < -0.4 is 10.1 Å². The summed E-state index contributed by atoms with van der Waals surface area (Å²) in [6, 6.07) is 7.43. The van der Waals surface area contributed by atoms with E-state index in [2.05, 4.69) is 5.32 Å². The predicted molar refractivity (Wildman–Crippen MR) is 79.0 cm³/mol. The first-order chi connectivity index (χ1) is 9.56. The van der Waals surface area contributed by atoms with E-state index >= 15 is 0 Å². The first-order valence-electron chi connectivity index (χ1n) is 6.73. The number of carbonyl (C=O) groups is 1. The van der Waals surface area contributed by atoms with Crippen molar-refractivity contribution < 1.29 is 14.6 Å². The predicted octanol–water partition coefficient (Wildman–Crippen LogP) is 0.839. The van der Waals surface area contributed by atoms with Crippen molar-refractivity contribution in [1.29, 1.82) is 0 Å². The summed E-state index contributed by atoms with van der Waals surface area (Å²) in [5, 5.41) is 12.3. The Balaban J connectivity index is 2.50. The average Bonchev–Trinajstić information content (AvgIpc) is 2.44. The number of hydrogen-bond acceptors (Lipinski definition) is 4. The van der Waals surface area contributed by atoms with E-state index in [4.69, 9.17) is 4.74 Å². The van der Waals surface area contributed by atoms with Gasteiger partial charge in [-0.15, -0.1) is 0 Å². The molecule has 1 aromatic carbocycles. The Morgan fingerprint density at radius 2 is 2.00 bits per heavy atom. The first-order valence-corrected chi connectivity index (χ1v) is 6.73. The van der Waals surface area contributed by atoms with Crippen LogP contribution in [0.4, 0.5) is 0 Å². The third kappa shape index (κ3) is 5.59.